The van der Waals surface area contributed by atoms with Crippen LogP contribution in [0.3, 0.4) is 0 Å². The molecule has 1 aromatic carbocycles. The van der Waals surface area contributed by atoms with Crippen LogP contribution in [0.25, 0.3) is 0 Å². The molecule has 0 aliphatic heterocycles. The van der Waals surface area contributed by atoms with Gasteiger partial charge in [0.05, 0.1) is 20.3 Å². The summed E-state index contributed by atoms with van der Waals surface area (Å²) >= 11 is 0. The fourth-order valence-electron chi connectivity index (χ4n) is 2.42. The second-order valence-corrected chi connectivity index (χ2v) is 5.10. The van der Waals surface area contributed by atoms with Gasteiger partial charge in [0.15, 0.2) is 0 Å². The second kappa shape index (κ2) is 8.48. The summed E-state index contributed by atoms with van der Waals surface area (Å²) in [6.45, 7) is 2.03. The van der Waals surface area contributed by atoms with E-state index in [2.05, 4.69) is 9.88 Å². The van der Waals surface area contributed by atoms with Gasteiger partial charge < -0.3 is 14.9 Å². The maximum Gasteiger partial charge on any atom is 0.124 e. The molecule has 5 heteroatoms. The van der Waals surface area contributed by atoms with Crippen LogP contribution in [0.5, 0.6) is 5.75 Å². The van der Waals surface area contributed by atoms with E-state index in [1.165, 1.54) is 0 Å². The minimum Gasteiger partial charge on any atom is -0.496 e. The Bertz CT molecular complexity index is 575. The molecule has 118 valence electrons. The molecule has 0 bridgehead atoms. The van der Waals surface area contributed by atoms with E-state index in [1.54, 1.807) is 13.3 Å². The van der Waals surface area contributed by atoms with Gasteiger partial charge in [0, 0.05) is 37.6 Å². The molecule has 2 rings (SSSR count). The smallest absolute Gasteiger partial charge is 0.124 e. The highest BCUT2D eigenvalue weighted by molar-refractivity contribution is 5.36. The summed E-state index contributed by atoms with van der Waals surface area (Å²) in [4.78, 5) is 6.26. The van der Waals surface area contributed by atoms with Crippen molar-refractivity contribution in [1.82, 2.24) is 9.88 Å². The van der Waals surface area contributed by atoms with Crippen LogP contribution >= 0.6 is 0 Å². The largest absolute Gasteiger partial charge is 0.496 e. The highest BCUT2D eigenvalue weighted by Crippen LogP contribution is 2.21. The Morgan fingerprint density at radius 2 is 1.95 bits per heavy atom. The van der Waals surface area contributed by atoms with Crippen LogP contribution in [0.15, 0.2) is 42.7 Å². The first kappa shape index (κ1) is 16.4. The number of nitrogens with zero attached hydrogens (tertiary/aromatic N) is 2. The van der Waals surface area contributed by atoms with Crippen molar-refractivity contribution in [2.24, 2.45) is 0 Å². The fraction of sp³-hybridized carbons (Fsp3) is 0.353. The normalized spacial score (nSPS) is 10.9. The Morgan fingerprint density at radius 1 is 1.14 bits per heavy atom. The van der Waals surface area contributed by atoms with Crippen LogP contribution in [0.1, 0.15) is 16.7 Å². The van der Waals surface area contributed by atoms with E-state index in [-0.39, 0.29) is 13.2 Å². The maximum atomic E-state index is 9.40. The zero-order valence-electron chi connectivity index (χ0n) is 12.8. The standard InChI is InChI=1S/C17H22N2O3/c1-22-17-5-4-14(9-16(17)13-21)11-19(7-8-20)12-15-3-2-6-18-10-15/h2-6,9-10,20-21H,7-8,11-13H2,1H3. The van der Waals surface area contributed by atoms with E-state index in [9.17, 15) is 10.2 Å². The topological polar surface area (TPSA) is 65.8 Å². The average Bonchev–Trinajstić information content (AvgIpc) is 2.56. The van der Waals surface area contributed by atoms with Crippen molar-refractivity contribution < 1.29 is 14.9 Å². The van der Waals surface area contributed by atoms with E-state index in [0.717, 1.165) is 23.2 Å². The number of hydrogen-bond donors (Lipinski definition) is 2. The molecule has 22 heavy (non-hydrogen) atoms. The predicted molar refractivity (Wildman–Crippen MR) is 84.4 cm³/mol. The summed E-state index contributed by atoms with van der Waals surface area (Å²) in [5, 5.41) is 18.7. The van der Waals surface area contributed by atoms with Crippen LogP contribution in [0.4, 0.5) is 0 Å². The molecule has 0 radical (unpaired) electrons. The molecule has 0 aliphatic carbocycles. The Labute approximate surface area is 130 Å². The van der Waals surface area contributed by atoms with Gasteiger partial charge in [-0.3, -0.25) is 9.88 Å². The highest BCUT2D eigenvalue weighted by Gasteiger charge is 2.09. The molecule has 2 aromatic rings. The van der Waals surface area contributed by atoms with Crippen molar-refractivity contribution in [1.29, 1.82) is 0 Å². The number of rotatable bonds is 8. The average molecular weight is 302 g/mol. The lowest BCUT2D eigenvalue weighted by molar-refractivity contribution is 0.184. The maximum absolute atomic E-state index is 9.40. The number of pyridine rings is 1. The molecule has 1 aromatic heterocycles. The van der Waals surface area contributed by atoms with Crippen molar-refractivity contribution in [2.45, 2.75) is 19.7 Å². The molecule has 5 nitrogen and oxygen atoms in total. The van der Waals surface area contributed by atoms with E-state index < -0.39 is 0 Å². The summed E-state index contributed by atoms with van der Waals surface area (Å²) in [7, 11) is 1.59. The molecule has 0 fully saturated rings. The first-order valence-corrected chi connectivity index (χ1v) is 7.25. The van der Waals surface area contributed by atoms with Gasteiger partial charge in [-0.15, -0.1) is 0 Å². The molecule has 2 N–H and O–H groups in total. The number of aliphatic hydroxyl groups is 2. The summed E-state index contributed by atoms with van der Waals surface area (Å²) in [6, 6.07) is 9.70. The van der Waals surface area contributed by atoms with Gasteiger partial charge in [-0.1, -0.05) is 12.1 Å². The van der Waals surface area contributed by atoms with E-state index in [1.807, 2.05) is 36.5 Å². The van der Waals surface area contributed by atoms with Crippen molar-refractivity contribution >= 4 is 0 Å². The molecule has 0 saturated heterocycles. The van der Waals surface area contributed by atoms with Crippen LogP contribution in [-0.2, 0) is 19.7 Å². The molecule has 0 saturated carbocycles. The minimum absolute atomic E-state index is 0.0559. The number of benzene rings is 1. The van der Waals surface area contributed by atoms with Crippen molar-refractivity contribution in [3.8, 4) is 5.75 Å². The number of aromatic nitrogens is 1. The zero-order chi connectivity index (χ0) is 15.8. The van der Waals surface area contributed by atoms with Crippen LogP contribution in [0.2, 0.25) is 0 Å². The Kier molecular flexibility index (Phi) is 6.33. The van der Waals surface area contributed by atoms with E-state index in [0.29, 0.717) is 18.8 Å². The SMILES string of the molecule is COc1ccc(CN(CCO)Cc2cccnc2)cc1CO. The van der Waals surface area contributed by atoms with Gasteiger partial charge in [0.2, 0.25) is 0 Å². The number of hydrogen-bond acceptors (Lipinski definition) is 5. The third-order valence-electron chi connectivity index (χ3n) is 3.47. The fourth-order valence-corrected chi connectivity index (χ4v) is 2.42. The van der Waals surface area contributed by atoms with Gasteiger partial charge in [-0.2, -0.15) is 0 Å². The lowest BCUT2D eigenvalue weighted by atomic mass is 10.1. The quantitative estimate of drug-likeness (QED) is 0.775. The Morgan fingerprint density at radius 3 is 2.59 bits per heavy atom. The van der Waals surface area contributed by atoms with E-state index in [4.69, 9.17) is 4.74 Å². The van der Waals surface area contributed by atoms with Gasteiger partial charge in [-0.25, -0.2) is 0 Å². The second-order valence-electron chi connectivity index (χ2n) is 5.10. The Balaban J connectivity index is 2.10. The number of methoxy groups -OCH3 is 1. The molecule has 0 spiro atoms. The molecular formula is C17H22N2O3. The predicted octanol–water partition coefficient (Wildman–Crippen LogP) is 1.58. The summed E-state index contributed by atoms with van der Waals surface area (Å²) in [5.41, 5.74) is 2.94. The first-order chi connectivity index (χ1) is 10.8. The lowest BCUT2D eigenvalue weighted by Crippen LogP contribution is -2.26. The van der Waals surface area contributed by atoms with Crippen molar-refractivity contribution in [3.05, 3.63) is 59.4 Å². The van der Waals surface area contributed by atoms with E-state index >= 15 is 0 Å². The minimum atomic E-state index is -0.0559. The third kappa shape index (κ3) is 4.53. The number of aliphatic hydroxyl groups excluding tert-OH is 2. The van der Waals surface area contributed by atoms with Crippen molar-refractivity contribution in [2.75, 3.05) is 20.3 Å². The van der Waals surface area contributed by atoms with Gasteiger partial charge in [0.25, 0.3) is 0 Å². The lowest BCUT2D eigenvalue weighted by Gasteiger charge is -2.22. The summed E-state index contributed by atoms with van der Waals surface area (Å²) < 4.78 is 5.22. The van der Waals surface area contributed by atoms with Crippen LogP contribution in [0, 0.1) is 0 Å². The van der Waals surface area contributed by atoms with Crippen LogP contribution in [-0.4, -0.2) is 40.4 Å². The third-order valence-corrected chi connectivity index (χ3v) is 3.47. The van der Waals surface area contributed by atoms with Crippen LogP contribution < -0.4 is 4.74 Å². The van der Waals surface area contributed by atoms with Crippen molar-refractivity contribution in [3.63, 3.8) is 0 Å². The summed E-state index contributed by atoms with van der Waals surface area (Å²) in [6.07, 6.45) is 3.58. The molecule has 0 aliphatic rings. The van der Waals surface area contributed by atoms with Gasteiger partial charge in [0.1, 0.15) is 5.75 Å². The first-order valence-electron chi connectivity index (χ1n) is 7.25. The molecule has 0 amide bonds. The van der Waals surface area contributed by atoms with Gasteiger partial charge in [-0.05, 0) is 29.3 Å². The molecular weight excluding hydrogens is 280 g/mol. The number of ether oxygens (including phenoxy) is 1. The molecule has 1 heterocycles. The van der Waals surface area contributed by atoms with Gasteiger partial charge >= 0.3 is 0 Å². The highest BCUT2D eigenvalue weighted by atomic mass is 16.5. The monoisotopic (exact) mass is 302 g/mol. The Hall–Kier alpha value is -1.95. The molecule has 0 unspecified atom stereocenters. The summed E-state index contributed by atoms with van der Waals surface area (Å²) in [5.74, 6) is 0.687. The molecule has 0 atom stereocenters. The zero-order valence-corrected chi connectivity index (χ0v) is 12.8.